The van der Waals surface area contributed by atoms with Crippen LogP contribution in [0.1, 0.15) is 24.3 Å². The van der Waals surface area contributed by atoms with Crippen molar-refractivity contribution in [3.63, 3.8) is 0 Å². The van der Waals surface area contributed by atoms with Crippen molar-refractivity contribution in [1.82, 2.24) is 0 Å². The number of nitrogens with one attached hydrogen (secondary N) is 1. The first-order valence-electron chi connectivity index (χ1n) is 7.71. The molecule has 1 saturated carbocycles. The summed E-state index contributed by atoms with van der Waals surface area (Å²) in [7, 11) is 0. The minimum absolute atomic E-state index is 0.101. The molecule has 3 rings (SSSR count). The zero-order chi connectivity index (χ0) is 17.1. The maximum atomic E-state index is 13.0. The maximum Gasteiger partial charge on any atom is 0.242 e. The molecule has 1 aliphatic rings. The monoisotopic (exact) mass is 325 g/mol. The maximum absolute atomic E-state index is 13.0. The van der Waals surface area contributed by atoms with Crippen LogP contribution in [-0.4, -0.2) is 17.5 Å². The van der Waals surface area contributed by atoms with Gasteiger partial charge in [-0.2, -0.15) is 0 Å². The van der Waals surface area contributed by atoms with Gasteiger partial charge in [0.25, 0.3) is 0 Å². The Bertz CT molecular complexity index is 753. The first-order valence-corrected chi connectivity index (χ1v) is 7.71. The number of hydrogen-bond acceptors (Lipinski definition) is 3. The van der Waals surface area contributed by atoms with Crippen LogP contribution in [0.4, 0.5) is 10.1 Å². The van der Waals surface area contributed by atoms with Gasteiger partial charge in [0.15, 0.2) is 17.5 Å². The summed E-state index contributed by atoms with van der Waals surface area (Å²) < 4.78 is 13.0. The zero-order valence-corrected chi connectivity index (χ0v) is 12.9. The van der Waals surface area contributed by atoms with Crippen molar-refractivity contribution in [2.75, 3.05) is 5.32 Å². The molecule has 0 spiro atoms. The van der Waals surface area contributed by atoms with Crippen LogP contribution in [0.25, 0.3) is 0 Å². The minimum atomic E-state index is -1.26. The largest absolute Gasteiger partial charge is 0.325 e. The van der Waals surface area contributed by atoms with Gasteiger partial charge in [0.2, 0.25) is 5.91 Å². The quantitative estimate of drug-likeness (QED) is 0.882. The molecular formula is C19H16FNO3. The van der Waals surface area contributed by atoms with Gasteiger partial charge in [-0.05, 0) is 35.7 Å². The van der Waals surface area contributed by atoms with Crippen molar-refractivity contribution in [3.8, 4) is 0 Å². The van der Waals surface area contributed by atoms with Crippen LogP contribution in [-0.2, 0) is 14.4 Å². The molecule has 122 valence electrons. The van der Waals surface area contributed by atoms with Gasteiger partial charge < -0.3 is 5.32 Å². The fourth-order valence-electron chi connectivity index (χ4n) is 2.97. The molecule has 0 aromatic heterocycles. The Kier molecular flexibility index (Phi) is 4.51. The summed E-state index contributed by atoms with van der Waals surface area (Å²) in [5, 5.41) is 2.60. The summed E-state index contributed by atoms with van der Waals surface area (Å²) in [5.74, 6) is -3.31. The van der Waals surface area contributed by atoms with Gasteiger partial charge in [-0.25, -0.2) is 4.39 Å². The Morgan fingerprint density at radius 1 is 0.917 bits per heavy atom. The Balaban J connectivity index is 1.71. The van der Waals surface area contributed by atoms with E-state index in [-0.39, 0.29) is 24.6 Å². The van der Waals surface area contributed by atoms with Crippen molar-refractivity contribution in [3.05, 3.63) is 66.0 Å². The third-order valence-electron chi connectivity index (χ3n) is 4.18. The number of hydrogen-bond donors (Lipinski definition) is 1. The summed E-state index contributed by atoms with van der Waals surface area (Å²) in [6.07, 6.45) is 0.203. The molecule has 5 heteroatoms. The van der Waals surface area contributed by atoms with E-state index in [1.165, 1.54) is 12.1 Å². The number of amides is 1. The number of carbonyl (C=O) groups excluding carboxylic acids is 3. The number of carbonyl (C=O) groups is 3. The summed E-state index contributed by atoms with van der Waals surface area (Å²) >= 11 is 0. The first-order chi connectivity index (χ1) is 11.5. The highest BCUT2D eigenvalue weighted by Crippen LogP contribution is 2.32. The molecule has 1 aliphatic carbocycles. The molecule has 2 aromatic carbocycles. The molecule has 1 amide bonds. The highest BCUT2D eigenvalue weighted by molar-refractivity contribution is 6.23. The molecule has 0 bridgehead atoms. The lowest BCUT2D eigenvalue weighted by Gasteiger charge is -2.26. The van der Waals surface area contributed by atoms with Crippen molar-refractivity contribution >= 4 is 23.2 Å². The van der Waals surface area contributed by atoms with Gasteiger partial charge in [0, 0.05) is 18.5 Å². The fraction of sp³-hybridized carbons (Fsp3) is 0.211. The van der Waals surface area contributed by atoms with Crippen LogP contribution >= 0.6 is 0 Å². The number of anilines is 1. The van der Waals surface area contributed by atoms with Gasteiger partial charge in [0.05, 0.1) is 0 Å². The molecule has 0 atom stereocenters. The lowest BCUT2D eigenvalue weighted by Crippen LogP contribution is -2.40. The molecule has 2 aromatic rings. The molecule has 0 aliphatic heterocycles. The molecule has 1 N–H and O–H groups in total. The molecule has 4 nitrogen and oxygen atoms in total. The van der Waals surface area contributed by atoms with Gasteiger partial charge in [-0.3, -0.25) is 14.4 Å². The molecule has 0 saturated heterocycles. The first kappa shape index (κ1) is 16.1. The highest BCUT2D eigenvalue weighted by atomic mass is 19.1. The van der Waals surface area contributed by atoms with E-state index in [1.54, 1.807) is 42.5 Å². The predicted molar refractivity (Wildman–Crippen MR) is 87.0 cm³/mol. The molecular weight excluding hydrogens is 309 g/mol. The molecule has 0 radical (unpaired) electrons. The van der Waals surface area contributed by atoms with Crippen molar-refractivity contribution < 1.29 is 18.8 Å². The van der Waals surface area contributed by atoms with E-state index in [1.807, 2.05) is 0 Å². The Hall–Kier alpha value is -2.82. The van der Waals surface area contributed by atoms with Crippen LogP contribution in [0.2, 0.25) is 0 Å². The van der Waals surface area contributed by atoms with Gasteiger partial charge in [-0.15, -0.1) is 0 Å². The minimum Gasteiger partial charge on any atom is -0.325 e. The lowest BCUT2D eigenvalue weighted by atomic mass is 9.76. The van der Waals surface area contributed by atoms with Crippen molar-refractivity contribution in [2.24, 2.45) is 5.92 Å². The average Bonchev–Trinajstić information content (AvgIpc) is 2.55. The smallest absolute Gasteiger partial charge is 0.242 e. The third-order valence-corrected chi connectivity index (χ3v) is 4.18. The van der Waals surface area contributed by atoms with Gasteiger partial charge >= 0.3 is 0 Å². The van der Waals surface area contributed by atoms with Crippen LogP contribution in [0.5, 0.6) is 0 Å². The standard InChI is InChI=1S/C19H16FNO3/c20-14-8-6-12(7-9-14)13-10-16(22)18(17(23)11-13)19(24)21-15-4-2-1-3-5-15/h1-9,13,18H,10-11H2,(H,21,24). The molecule has 24 heavy (non-hydrogen) atoms. The van der Waals surface area contributed by atoms with E-state index < -0.39 is 23.4 Å². The fourth-order valence-corrected chi connectivity index (χ4v) is 2.97. The van der Waals surface area contributed by atoms with E-state index in [2.05, 4.69) is 5.32 Å². The predicted octanol–water partition coefficient (Wildman–Crippen LogP) is 3.10. The topological polar surface area (TPSA) is 63.2 Å². The Labute approximate surface area is 138 Å². The van der Waals surface area contributed by atoms with Gasteiger partial charge in [-0.1, -0.05) is 30.3 Å². The second-order valence-corrected chi connectivity index (χ2v) is 5.88. The van der Waals surface area contributed by atoms with Crippen LogP contribution < -0.4 is 5.32 Å². The summed E-state index contributed by atoms with van der Waals surface area (Å²) in [5.41, 5.74) is 1.28. The number of ketones is 2. The molecule has 0 heterocycles. The average molecular weight is 325 g/mol. The number of Topliss-reactive ketones (excluding diaryl/α,β-unsaturated/α-hetero) is 2. The second kappa shape index (κ2) is 6.74. The number of halogens is 1. The molecule has 0 unspecified atom stereocenters. The SMILES string of the molecule is O=C1CC(c2ccc(F)cc2)CC(=O)C1C(=O)Nc1ccccc1. The summed E-state index contributed by atoms with van der Waals surface area (Å²) in [6, 6.07) is 14.5. The van der Waals surface area contributed by atoms with E-state index in [0.717, 1.165) is 5.56 Å². The van der Waals surface area contributed by atoms with E-state index in [9.17, 15) is 18.8 Å². The van der Waals surface area contributed by atoms with Crippen LogP contribution in [0.3, 0.4) is 0 Å². The number of para-hydroxylation sites is 1. The Morgan fingerprint density at radius 2 is 1.50 bits per heavy atom. The summed E-state index contributed by atoms with van der Waals surface area (Å²) in [4.78, 5) is 36.9. The van der Waals surface area contributed by atoms with Crippen molar-refractivity contribution in [1.29, 1.82) is 0 Å². The lowest BCUT2D eigenvalue weighted by molar-refractivity contribution is -0.141. The normalized spacial score (nSPS) is 20.7. The van der Waals surface area contributed by atoms with Crippen LogP contribution in [0, 0.1) is 11.7 Å². The van der Waals surface area contributed by atoms with E-state index in [4.69, 9.17) is 0 Å². The van der Waals surface area contributed by atoms with Crippen LogP contribution in [0.15, 0.2) is 54.6 Å². The number of rotatable bonds is 3. The third kappa shape index (κ3) is 3.40. The zero-order valence-electron chi connectivity index (χ0n) is 12.9. The van der Waals surface area contributed by atoms with Gasteiger partial charge in [0.1, 0.15) is 5.82 Å². The van der Waals surface area contributed by atoms with E-state index >= 15 is 0 Å². The number of benzene rings is 2. The second-order valence-electron chi connectivity index (χ2n) is 5.88. The molecule has 1 fully saturated rings. The van der Waals surface area contributed by atoms with Crippen molar-refractivity contribution in [2.45, 2.75) is 18.8 Å². The summed E-state index contributed by atoms with van der Waals surface area (Å²) in [6.45, 7) is 0. The van der Waals surface area contributed by atoms with E-state index in [0.29, 0.717) is 5.69 Å². The Morgan fingerprint density at radius 3 is 2.08 bits per heavy atom. The highest BCUT2D eigenvalue weighted by Gasteiger charge is 2.40.